The number of hydrogen-bond donors (Lipinski definition) is 1. The topological polar surface area (TPSA) is 85.8 Å². The molecule has 124 valence electrons. The Hall–Kier alpha value is -2.87. The lowest BCUT2D eigenvalue weighted by atomic mass is 10.1. The zero-order valence-corrected chi connectivity index (χ0v) is 13.2. The molecular formula is C16H16FN5O2. The number of benzene rings is 1. The molecule has 1 atom stereocenters. The molecule has 3 aromatic rings. The Labute approximate surface area is 137 Å². The molecule has 0 bridgehead atoms. The van der Waals surface area contributed by atoms with Crippen LogP contribution < -0.4 is 0 Å². The van der Waals surface area contributed by atoms with Crippen LogP contribution in [0, 0.1) is 19.7 Å². The monoisotopic (exact) mass is 329 g/mol. The summed E-state index contributed by atoms with van der Waals surface area (Å²) in [7, 11) is 0. The SMILES string of the molecule is Cc1cc(C)n(C(=O)c2cn(C[C@@H](O)c3ccccc3F)nn2)n1. The van der Waals surface area contributed by atoms with Crippen molar-refractivity contribution in [3.8, 4) is 0 Å². The Bertz CT molecular complexity index is 886. The molecule has 1 N–H and O–H groups in total. The van der Waals surface area contributed by atoms with Crippen molar-refractivity contribution in [1.82, 2.24) is 24.8 Å². The molecule has 3 rings (SSSR count). The molecule has 7 nitrogen and oxygen atoms in total. The highest BCUT2D eigenvalue weighted by molar-refractivity contribution is 5.93. The third-order valence-corrected chi connectivity index (χ3v) is 3.58. The largest absolute Gasteiger partial charge is 0.386 e. The summed E-state index contributed by atoms with van der Waals surface area (Å²) in [5, 5.41) is 21.9. The van der Waals surface area contributed by atoms with Gasteiger partial charge in [-0.05, 0) is 26.0 Å². The molecule has 0 aliphatic heterocycles. The maximum absolute atomic E-state index is 13.7. The van der Waals surface area contributed by atoms with Crippen molar-refractivity contribution in [2.75, 3.05) is 0 Å². The summed E-state index contributed by atoms with van der Waals surface area (Å²) in [6, 6.07) is 7.74. The van der Waals surface area contributed by atoms with E-state index >= 15 is 0 Å². The van der Waals surface area contributed by atoms with Crippen LogP contribution in [-0.2, 0) is 6.54 Å². The minimum absolute atomic E-state index is 0.0155. The lowest BCUT2D eigenvalue weighted by Crippen LogP contribution is -2.16. The average Bonchev–Trinajstić information content (AvgIpc) is 3.13. The van der Waals surface area contributed by atoms with E-state index in [0.717, 1.165) is 5.69 Å². The molecule has 0 aliphatic rings. The smallest absolute Gasteiger partial charge is 0.300 e. The predicted octanol–water partition coefficient (Wildman–Crippen LogP) is 1.65. The van der Waals surface area contributed by atoms with E-state index in [9.17, 15) is 14.3 Å². The zero-order chi connectivity index (χ0) is 17.3. The molecule has 0 spiro atoms. The Morgan fingerprint density at radius 1 is 1.33 bits per heavy atom. The normalized spacial score (nSPS) is 12.3. The minimum atomic E-state index is -1.09. The van der Waals surface area contributed by atoms with Crippen LogP contribution in [0.1, 0.15) is 33.5 Å². The quantitative estimate of drug-likeness (QED) is 0.786. The van der Waals surface area contributed by atoms with Crippen molar-refractivity contribution in [2.24, 2.45) is 0 Å². The Morgan fingerprint density at radius 3 is 2.75 bits per heavy atom. The van der Waals surface area contributed by atoms with Crippen molar-refractivity contribution < 1.29 is 14.3 Å². The van der Waals surface area contributed by atoms with E-state index in [4.69, 9.17) is 0 Å². The predicted molar refractivity (Wildman–Crippen MR) is 82.8 cm³/mol. The van der Waals surface area contributed by atoms with Crippen molar-refractivity contribution in [2.45, 2.75) is 26.5 Å². The molecule has 0 fully saturated rings. The Morgan fingerprint density at radius 2 is 2.08 bits per heavy atom. The van der Waals surface area contributed by atoms with Crippen LogP contribution in [0.3, 0.4) is 0 Å². The number of carbonyl (C=O) groups is 1. The summed E-state index contributed by atoms with van der Waals surface area (Å²) in [5.74, 6) is -0.906. The molecule has 0 radical (unpaired) electrons. The molecule has 2 heterocycles. The molecule has 0 unspecified atom stereocenters. The standard InChI is InChI=1S/C16H16FN5O2/c1-10-7-11(2)22(19-10)16(24)14-8-21(20-18-14)9-15(23)12-5-3-4-6-13(12)17/h3-8,15,23H,9H2,1-2H3/t15-/m1/s1. The number of aliphatic hydroxyl groups excluding tert-OH is 1. The Balaban J connectivity index is 1.77. The third kappa shape index (κ3) is 3.09. The number of hydrogen-bond acceptors (Lipinski definition) is 5. The highest BCUT2D eigenvalue weighted by atomic mass is 19.1. The first-order chi connectivity index (χ1) is 11.5. The van der Waals surface area contributed by atoms with Gasteiger partial charge in [0, 0.05) is 11.3 Å². The van der Waals surface area contributed by atoms with Gasteiger partial charge in [-0.3, -0.25) is 4.79 Å². The van der Waals surface area contributed by atoms with E-state index < -0.39 is 17.8 Å². The van der Waals surface area contributed by atoms with Crippen molar-refractivity contribution in [1.29, 1.82) is 0 Å². The summed E-state index contributed by atoms with van der Waals surface area (Å²) in [6.45, 7) is 3.54. The van der Waals surface area contributed by atoms with Crippen LogP contribution >= 0.6 is 0 Å². The number of nitrogens with zero attached hydrogens (tertiary/aromatic N) is 5. The van der Waals surface area contributed by atoms with Gasteiger partial charge in [-0.1, -0.05) is 23.4 Å². The highest BCUT2D eigenvalue weighted by Crippen LogP contribution is 2.18. The number of rotatable bonds is 4. The minimum Gasteiger partial charge on any atom is -0.386 e. The zero-order valence-electron chi connectivity index (χ0n) is 13.2. The number of carbonyl (C=O) groups excluding carboxylic acids is 1. The van der Waals surface area contributed by atoms with Gasteiger partial charge in [-0.25, -0.2) is 9.07 Å². The first-order valence-corrected chi connectivity index (χ1v) is 7.36. The van der Waals surface area contributed by atoms with Gasteiger partial charge in [-0.15, -0.1) is 5.10 Å². The second kappa shape index (κ2) is 6.32. The average molecular weight is 329 g/mol. The van der Waals surface area contributed by atoms with Gasteiger partial charge in [-0.2, -0.15) is 9.78 Å². The molecule has 8 heteroatoms. The maximum atomic E-state index is 13.7. The number of halogens is 1. The lowest BCUT2D eigenvalue weighted by Gasteiger charge is -2.11. The van der Waals surface area contributed by atoms with Gasteiger partial charge in [0.2, 0.25) is 0 Å². The van der Waals surface area contributed by atoms with Crippen molar-refractivity contribution >= 4 is 5.91 Å². The first-order valence-electron chi connectivity index (χ1n) is 7.36. The number of aliphatic hydroxyl groups is 1. The molecule has 0 amide bonds. The summed E-state index contributed by atoms with van der Waals surface area (Å²) < 4.78 is 16.2. The molecule has 1 aromatic carbocycles. The fourth-order valence-electron chi connectivity index (χ4n) is 2.45. The van der Waals surface area contributed by atoms with Gasteiger partial charge in [0.25, 0.3) is 0 Å². The van der Waals surface area contributed by atoms with Gasteiger partial charge in [0.1, 0.15) is 11.9 Å². The summed E-state index contributed by atoms with van der Waals surface area (Å²) in [4.78, 5) is 12.4. The fourth-order valence-corrected chi connectivity index (χ4v) is 2.45. The van der Waals surface area contributed by atoms with Crippen LogP contribution in [0.4, 0.5) is 4.39 Å². The van der Waals surface area contributed by atoms with Crippen molar-refractivity contribution in [3.63, 3.8) is 0 Å². The van der Waals surface area contributed by atoms with E-state index in [-0.39, 0.29) is 17.8 Å². The summed E-state index contributed by atoms with van der Waals surface area (Å²) >= 11 is 0. The number of aromatic nitrogens is 5. The van der Waals surface area contributed by atoms with Gasteiger partial charge >= 0.3 is 5.91 Å². The van der Waals surface area contributed by atoms with Crippen LogP contribution in [0.25, 0.3) is 0 Å². The maximum Gasteiger partial charge on any atom is 0.300 e. The first kappa shape index (κ1) is 16.0. The van der Waals surface area contributed by atoms with E-state index in [2.05, 4.69) is 15.4 Å². The van der Waals surface area contributed by atoms with Gasteiger partial charge in [0.05, 0.1) is 18.4 Å². The lowest BCUT2D eigenvalue weighted by molar-refractivity contribution is 0.0937. The number of aryl methyl sites for hydroxylation is 2. The van der Waals surface area contributed by atoms with Crippen LogP contribution in [0.5, 0.6) is 0 Å². The van der Waals surface area contributed by atoms with Crippen LogP contribution in [0.15, 0.2) is 36.5 Å². The van der Waals surface area contributed by atoms with Crippen LogP contribution in [0.2, 0.25) is 0 Å². The summed E-state index contributed by atoms with van der Waals surface area (Å²) in [5.41, 5.74) is 1.68. The van der Waals surface area contributed by atoms with E-state index in [1.807, 2.05) is 0 Å². The van der Waals surface area contributed by atoms with E-state index in [1.165, 1.54) is 27.7 Å². The molecular weight excluding hydrogens is 313 g/mol. The molecule has 0 saturated carbocycles. The Kier molecular flexibility index (Phi) is 4.22. The van der Waals surface area contributed by atoms with Crippen molar-refractivity contribution in [3.05, 3.63) is 65.0 Å². The molecule has 0 aliphatic carbocycles. The second-order valence-electron chi connectivity index (χ2n) is 5.51. The molecule has 24 heavy (non-hydrogen) atoms. The van der Waals surface area contributed by atoms with Gasteiger partial charge < -0.3 is 5.11 Å². The van der Waals surface area contributed by atoms with Crippen LogP contribution in [-0.4, -0.2) is 35.8 Å². The third-order valence-electron chi connectivity index (χ3n) is 3.58. The van der Waals surface area contributed by atoms with Gasteiger partial charge in [0.15, 0.2) is 5.69 Å². The molecule has 0 saturated heterocycles. The summed E-state index contributed by atoms with van der Waals surface area (Å²) in [6.07, 6.45) is 0.313. The highest BCUT2D eigenvalue weighted by Gasteiger charge is 2.18. The van der Waals surface area contributed by atoms with E-state index in [0.29, 0.717) is 5.69 Å². The molecule has 2 aromatic heterocycles. The fraction of sp³-hybridized carbons (Fsp3) is 0.250. The van der Waals surface area contributed by atoms with E-state index in [1.54, 1.807) is 32.0 Å². The second-order valence-corrected chi connectivity index (χ2v) is 5.51.